The molecule has 2 nitrogen and oxygen atoms in total. The van der Waals surface area contributed by atoms with Crippen molar-refractivity contribution in [2.24, 2.45) is 0 Å². The second-order valence-electron chi connectivity index (χ2n) is 4.84. The van der Waals surface area contributed by atoms with Crippen molar-refractivity contribution in [3.8, 4) is 11.5 Å². The minimum atomic E-state index is -2.11. The second-order valence-corrected chi connectivity index (χ2v) is 14.0. The van der Waals surface area contributed by atoms with Crippen molar-refractivity contribution < 1.29 is 8.85 Å². The fourth-order valence-corrected chi connectivity index (χ4v) is 9.97. The molecule has 0 unspecified atom stereocenters. The van der Waals surface area contributed by atoms with Crippen LogP contribution in [0, 0.1) is 0 Å². The highest BCUT2D eigenvalue weighted by molar-refractivity contribution is 7.18. The molecule has 0 fully saturated rings. The topological polar surface area (TPSA) is 18.5 Å². The van der Waals surface area contributed by atoms with Crippen molar-refractivity contribution in [1.29, 1.82) is 0 Å². The van der Waals surface area contributed by atoms with Crippen LogP contribution in [-0.4, -0.2) is 17.1 Å². The molecule has 0 bridgehead atoms. The lowest BCUT2D eigenvalue weighted by molar-refractivity contribution is 0.408. The lowest BCUT2D eigenvalue weighted by atomic mass is 10.3. The minimum absolute atomic E-state index is 0.364. The second kappa shape index (κ2) is 7.31. The van der Waals surface area contributed by atoms with Crippen LogP contribution in [0.1, 0.15) is 13.8 Å². The number of benzene rings is 2. The third kappa shape index (κ3) is 3.98. The third-order valence-corrected chi connectivity index (χ3v) is 13.0. The Morgan fingerprint density at radius 2 is 1.25 bits per heavy atom. The molecule has 106 valence electrons. The average molecular weight is 303 g/mol. The highest BCUT2D eigenvalue weighted by Gasteiger charge is 2.38. The Morgan fingerprint density at radius 1 is 0.800 bits per heavy atom. The van der Waals surface area contributed by atoms with Crippen LogP contribution in [0.5, 0.6) is 11.5 Å². The van der Waals surface area contributed by atoms with Gasteiger partial charge in [-0.25, -0.2) is 0 Å². The van der Waals surface area contributed by atoms with Crippen LogP contribution in [0.4, 0.5) is 0 Å². The maximum Gasteiger partial charge on any atom is 0.423 e. The van der Waals surface area contributed by atoms with Gasteiger partial charge in [0.15, 0.2) is 0 Å². The standard InChI is InChI=1S/C16H22O2Si2/c1-3-19-20(4-2,17-15-11-7-5-8-12-15)18-16-13-9-6-10-14-16/h5-14H,3-4,19H2,1-2H3. The van der Waals surface area contributed by atoms with Crippen molar-refractivity contribution in [2.45, 2.75) is 25.9 Å². The molecule has 0 aliphatic carbocycles. The molecule has 20 heavy (non-hydrogen) atoms. The summed E-state index contributed by atoms with van der Waals surface area (Å²) in [5.41, 5.74) is 0. The van der Waals surface area contributed by atoms with Gasteiger partial charge in [0.1, 0.15) is 20.5 Å². The molecule has 0 aromatic heterocycles. The fourth-order valence-electron chi connectivity index (χ4n) is 2.23. The highest BCUT2D eigenvalue weighted by Crippen LogP contribution is 2.22. The monoisotopic (exact) mass is 302 g/mol. The summed E-state index contributed by atoms with van der Waals surface area (Å²) in [5, 5.41) is 0. The molecule has 0 aliphatic heterocycles. The van der Waals surface area contributed by atoms with Gasteiger partial charge in [-0.15, -0.1) is 0 Å². The predicted molar refractivity (Wildman–Crippen MR) is 89.4 cm³/mol. The van der Waals surface area contributed by atoms with Crippen molar-refractivity contribution in [3.63, 3.8) is 0 Å². The molecular weight excluding hydrogens is 280 g/mol. The lowest BCUT2D eigenvalue weighted by Gasteiger charge is -2.31. The van der Waals surface area contributed by atoms with Crippen molar-refractivity contribution in [3.05, 3.63) is 60.7 Å². The van der Waals surface area contributed by atoms with Gasteiger partial charge in [0.25, 0.3) is 0 Å². The Morgan fingerprint density at radius 3 is 1.60 bits per heavy atom. The Hall–Kier alpha value is -1.53. The van der Waals surface area contributed by atoms with Crippen molar-refractivity contribution >= 4 is 17.1 Å². The van der Waals surface area contributed by atoms with E-state index in [1.165, 1.54) is 6.04 Å². The van der Waals surface area contributed by atoms with Gasteiger partial charge in [0, 0.05) is 6.04 Å². The first kappa shape index (κ1) is 14.9. The molecule has 2 aromatic carbocycles. The van der Waals surface area contributed by atoms with E-state index < -0.39 is 8.08 Å². The lowest BCUT2D eigenvalue weighted by Crippen LogP contribution is -2.54. The summed E-state index contributed by atoms with van der Waals surface area (Å²) in [6, 6.07) is 22.4. The first-order valence-electron chi connectivity index (χ1n) is 7.26. The minimum Gasteiger partial charge on any atom is -0.515 e. The summed E-state index contributed by atoms with van der Waals surface area (Å²) < 4.78 is 12.7. The van der Waals surface area contributed by atoms with Crippen LogP contribution in [0.2, 0.25) is 12.1 Å². The van der Waals surface area contributed by atoms with E-state index in [2.05, 4.69) is 13.8 Å². The zero-order chi connectivity index (χ0) is 14.3. The molecule has 2 aromatic rings. The van der Waals surface area contributed by atoms with E-state index in [0.717, 1.165) is 17.5 Å². The van der Waals surface area contributed by atoms with Gasteiger partial charge in [0.05, 0.1) is 0 Å². The van der Waals surface area contributed by atoms with E-state index in [9.17, 15) is 0 Å². The van der Waals surface area contributed by atoms with Crippen molar-refractivity contribution in [1.82, 2.24) is 0 Å². The molecule has 0 atom stereocenters. The predicted octanol–water partition coefficient (Wildman–Crippen LogP) is 3.71. The van der Waals surface area contributed by atoms with Gasteiger partial charge in [-0.05, 0) is 24.3 Å². The largest absolute Gasteiger partial charge is 0.515 e. The van der Waals surface area contributed by atoms with E-state index in [0.29, 0.717) is 0 Å². The molecule has 0 saturated heterocycles. The molecular formula is C16H22O2Si2. The van der Waals surface area contributed by atoms with Crippen LogP contribution in [0.25, 0.3) is 0 Å². The van der Waals surface area contributed by atoms with Gasteiger partial charge in [-0.3, -0.25) is 0 Å². The fraction of sp³-hybridized carbons (Fsp3) is 0.250. The zero-order valence-corrected chi connectivity index (χ0v) is 14.6. The van der Waals surface area contributed by atoms with Crippen LogP contribution in [-0.2, 0) is 0 Å². The third-order valence-electron chi connectivity index (χ3n) is 3.26. The van der Waals surface area contributed by atoms with Gasteiger partial charge in [-0.1, -0.05) is 56.3 Å². The number of rotatable bonds is 7. The number of para-hydroxylation sites is 2. The summed E-state index contributed by atoms with van der Waals surface area (Å²) in [6.45, 7) is 4.44. The quantitative estimate of drug-likeness (QED) is 0.726. The van der Waals surface area contributed by atoms with E-state index in [-0.39, 0.29) is 9.04 Å². The number of hydrogen-bond acceptors (Lipinski definition) is 2. The molecule has 0 amide bonds. The average Bonchev–Trinajstić information content (AvgIpc) is 2.49. The normalized spacial score (nSPS) is 11.7. The Bertz CT molecular complexity index is 461. The molecule has 0 N–H and O–H groups in total. The smallest absolute Gasteiger partial charge is 0.423 e. The summed E-state index contributed by atoms with van der Waals surface area (Å²) in [5.74, 6) is 1.88. The van der Waals surface area contributed by atoms with Gasteiger partial charge in [-0.2, -0.15) is 0 Å². The van der Waals surface area contributed by atoms with E-state index >= 15 is 0 Å². The van der Waals surface area contributed by atoms with Crippen LogP contribution >= 0.6 is 0 Å². The maximum atomic E-state index is 6.37. The molecule has 2 rings (SSSR count). The van der Waals surface area contributed by atoms with Crippen LogP contribution < -0.4 is 8.85 Å². The Kier molecular flexibility index (Phi) is 5.43. The molecule has 0 aliphatic rings. The molecule has 0 heterocycles. The summed E-state index contributed by atoms with van der Waals surface area (Å²) in [4.78, 5) is 0. The summed E-state index contributed by atoms with van der Waals surface area (Å²) >= 11 is 0. The van der Waals surface area contributed by atoms with Crippen molar-refractivity contribution in [2.75, 3.05) is 0 Å². The zero-order valence-electron chi connectivity index (χ0n) is 12.2. The SMILES string of the molecule is CC[SiH2][Si](CC)(Oc1ccccc1)Oc1ccccc1. The van der Waals surface area contributed by atoms with Gasteiger partial charge in [0.2, 0.25) is 0 Å². The molecule has 0 radical (unpaired) electrons. The van der Waals surface area contributed by atoms with E-state index in [1.54, 1.807) is 0 Å². The van der Waals surface area contributed by atoms with Crippen LogP contribution in [0.3, 0.4) is 0 Å². The molecule has 0 spiro atoms. The number of hydrogen-bond donors (Lipinski definition) is 0. The van der Waals surface area contributed by atoms with Gasteiger partial charge >= 0.3 is 8.08 Å². The first-order chi connectivity index (χ1) is 9.78. The van der Waals surface area contributed by atoms with E-state index in [1.807, 2.05) is 60.7 Å². The van der Waals surface area contributed by atoms with Gasteiger partial charge < -0.3 is 8.85 Å². The first-order valence-corrected chi connectivity index (χ1v) is 12.6. The molecule has 0 saturated carbocycles. The Balaban J connectivity index is 2.20. The van der Waals surface area contributed by atoms with E-state index in [4.69, 9.17) is 8.85 Å². The van der Waals surface area contributed by atoms with Crippen LogP contribution in [0.15, 0.2) is 60.7 Å². The Labute approximate surface area is 124 Å². The highest BCUT2D eigenvalue weighted by atomic mass is 29.2. The molecule has 4 heteroatoms. The summed E-state index contributed by atoms with van der Waals surface area (Å²) in [7, 11) is -2.48. The summed E-state index contributed by atoms with van der Waals surface area (Å²) in [6.07, 6.45) is 0. The maximum absolute atomic E-state index is 6.37.